The maximum absolute atomic E-state index is 11.3. The fraction of sp³-hybridized carbons (Fsp3) is 0.500. The summed E-state index contributed by atoms with van der Waals surface area (Å²) < 4.78 is 31.8. The molecule has 90 valence electrons. The van der Waals surface area contributed by atoms with E-state index in [1.807, 2.05) is 26.8 Å². The fourth-order valence-corrected chi connectivity index (χ4v) is 2.49. The third kappa shape index (κ3) is 2.83. The lowest BCUT2D eigenvalue weighted by molar-refractivity contribution is 0.475. The first-order chi connectivity index (χ1) is 7.23. The molecular weight excluding hydrogens is 224 g/mol. The van der Waals surface area contributed by atoms with Gasteiger partial charge in [0.2, 0.25) is 0 Å². The summed E-state index contributed by atoms with van der Waals surface area (Å²) in [5.41, 5.74) is 1.51. The monoisotopic (exact) mass is 242 g/mol. The highest BCUT2D eigenvalue weighted by Gasteiger charge is 2.21. The van der Waals surface area contributed by atoms with Gasteiger partial charge in [-0.2, -0.15) is 8.42 Å². The minimum Gasteiger partial charge on any atom is -0.282 e. The zero-order chi connectivity index (χ0) is 12.5. The molecule has 1 aromatic carbocycles. The maximum Gasteiger partial charge on any atom is 0.294 e. The Labute approximate surface area is 97.2 Å². The van der Waals surface area contributed by atoms with Crippen molar-refractivity contribution in [3.05, 3.63) is 29.3 Å². The van der Waals surface area contributed by atoms with E-state index in [9.17, 15) is 13.0 Å². The van der Waals surface area contributed by atoms with Gasteiger partial charge in [0.25, 0.3) is 10.1 Å². The molecule has 0 spiro atoms. The van der Waals surface area contributed by atoms with E-state index < -0.39 is 10.1 Å². The van der Waals surface area contributed by atoms with Crippen LogP contribution in [0.3, 0.4) is 0 Å². The van der Waals surface area contributed by atoms with Crippen molar-refractivity contribution in [2.24, 2.45) is 5.92 Å². The molecule has 0 saturated heterocycles. The highest BCUT2D eigenvalue weighted by Crippen LogP contribution is 2.29. The Bertz CT molecular complexity index is 475. The van der Waals surface area contributed by atoms with Gasteiger partial charge < -0.3 is 0 Å². The number of benzene rings is 1. The summed E-state index contributed by atoms with van der Waals surface area (Å²) in [7, 11) is -4.13. The van der Waals surface area contributed by atoms with Gasteiger partial charge in [-0.05, 0) is 36.0 Å². The number of hydrogen-bond donors (Lipinski definition) is 1. The Kier molecular flexibility index (Phi) is 3.76. The Balaban J connectivity index is 3.40. The van der Waals surface area contributed by atoms with Gasteiger partial charge in [-0.3, -0.25) is 4.55 Å². The first kappa shape index (κ1) is 13.2. The largest absolute Gasteiger partial charge is 0.294 e. The molecule has 0 aliphatic heterocycles. The fourth-order valence-electron chi connectivity index (χ4n) is 1.60. The minimum absolute atomic E-state index is 0.0358. The summed E-state index contributed by atoms with van der Waals surface area (Å²) in [4.78, 5) is 0.0358. The first-order valence-corrected chi connectivity index (χ1v) is 6.75. The second kappa shape index (κ2) is 4.55. The molecule has 0 saturated carbocycles. The predicted octanol–water partition coefficient (Wildman–Crippen LogP) is 3.00. The summed E-state index contributed by atoms with van der Waals surface area (Å²) in [6.45, 7) is 7.82. The molecule has 0 heterocycles. The van der Waals surface area contributed by atoms with Crippen LogP contribution in [0, 0.1) is 12.8 Å². The zero-order valence-electron chi connectivity index (χ0n) is 10.1. The van der Waals surface area contributed by atoms with Gasteiger partial charge >= 0.3 is 0 Å². The molecule has 1 rings (SSSR count). The lowest BCUT2D eigenvalue weighted by atomic mass is 9.90. The lowest BCUT2D eigenvalue weighted by Gasteiger charge is -2.18. The Morgan fingerprint density at radius 3 is 2.19 bits per heavy atom. The smallest absolute Gasteiger partial charge is 0.282 e. The summed E-state index contributed by atoms with van der Waals surface area (Å²) in [6.07, 6.45) is 0. The molecule has 1 unspecified atom stereocenters. The van der Waals surface area contributed by atoms with Gasteiger partial charge in [0, 0.05) is 0 Å². The average Bonchev–Trinajstić information content (AvgIpc) is 2.15. The van der Waals surface area contributed by atoms with E-state index in [4.69, 9.17) is 0 Å². The topological polar surface area (TPSA) is 54.4 Å². The quantitative estimate of drug-likeness (QED) is 0.829. The summed E-state index contributed by atoms with van der Waals surface area (Å²) in [5, 5.41) is 0. The van der Waals surface area contributed by atoms with Crippen molar-refractivity contribution in [3.8, 4) is 0 Å². The van der Waals surface area contributed by atoms with Crippen molar-refractivity contribution in [2.45, 2.75) is 38.5 Å². The first-order valence-electron chi connectivity index (χ1n) is 5.31. The zero-order valence-corrected chi connectivity index (χ0v) is 10.9. The van der Waals surface area contributed by atoms with Gasteiger partial charge in [0.1, 0.15) is 0 Å². The molecule has 4 heteroatoms. The molecule has 0 aromatic heterocycles. The van der Waals surface area contributed by atoms with E-state index in [1.54, 1.807) is 13.0 Å². The van der Waals surface area contributed by atoms with Crippen molar-refractivity contribution in [1.82, 2.24) is 0 Å². The van der Waals surface area contributed by atoms with Gasteiger partial charge in [0.05, 0.1) is 4.90 Å². The molecule has 1 aromatic rings. The van der Waals surface area contributed by atoms with Crippen LogP contribution in [0.25, 0.3) is 0 Å². The highest BCUT2D eigenvalue weighted by atomic mass is 32.2. The van der Waals surface area contributed by atoms with E-state index in [2.05, 4.69) is 0 Å². The molecule has 0 radical (unpaired) electrons. The van der Waals surface area contributed by atoms with Crippen LogP contribution < -0.4 is 0 Å². The van der Waals surface area contributed by atoms with Crippen molar-refractivity contribution >= 4 is 10.1 Å². The number of hydrogen-bond acceptors (Lipinski definition) is 2. The molecule has 0 aliphatic rings. The molecule has 16 heavy (non-hydrogen) atoms. The molecule has 0 aliphatic carbocycles. The normalized spacial score (nSPS) is 14.1. The molecule has 0 fully saturated rings. The van der Waals surface area contributed by atoms with Crippen molar-refractivity contribution in [2.75, 3.05) is 0 Å². The second-order valence-electron chi connectivity index (χ2n) is 4.55. The lowest BCUT2D eigenvalue weighted by Crippen LogP contribution is -2.09. The van der Waals surface area contributed by atoms with E-state index in [0.717, 1.165) is 5.56 Å². The van der Waals surface area contributed by atoms with Gasteiger partial charge in [-0.1, -0.05) is 32.9 Å². The van der Waals surface area contributed by atoms with Crippen molar-refractivity contribution < 1.29 is 13.0 Å². The number of rotatable bonds is 3. The molecule has 0 bridgehead atoms. The van der Waals surface area contributed by atoms with Crippen LogP contribution in [0.2, 0.25) is 0 Å². The third-order valence-corrected chi connectivity index (χ3v) is 3.85. The predicted molar refractivity (Wildman–Crippen MR) is 64.2 cm³/mol. The van der Waals surface area contributed by atoms with E-state index in [-0.39, 0.29) is 10.8 Å². The summed E-state index contributed by atoms with van der Waals surface area (Å²) in [6, 6.07) is 5.16. The van der Waals surface area contributed by atoms with Crippen LogP contribution in [0.15, 0.2) is 23.1 Å². The Morgan fingerprint density at radius 1 is 1.19 bits per heavy atom. The van der Waals surface area contributed by atoms with E-state index in [0.29, 0.717) is 11.5 Å². The summed E-state index contributed by atoms with van der Waals surface area (Å²) >= 11 is 0. The Morgan fingerprint density at radius 2 is 1.75 bits per heavy atom. The highest BCUT2D eigenvalue weighted by molar-refractivity contribution is 7.85. The van der Waals surface area contributed by atoms with Crippen LogP contribution in [0.4, 0.5) is 0 Å². The molecule has 1 atom stereocenters. The van der Waals surface area contributed by atoms with Crippen molar-refractivity contribution in [3.63, 3.8) is 0 Å². The molecule has 0 amide bonds. The SMILES string of the molecule is Cc1ccc(C(C)C(C)C)c(S(=O)(=O)O)c1. The minimum atomic E-state index is -4.13. The molecular formula is C12H18O3S. The average molecular weight is 242 g/mol. The van der Waals surface area contributed by atoms with E-state index in [1.165, 1.54) is 6.07 Å². The standard InChI is InChI=1S/C12H18O3S/c1-8(2)10(4)11-6-5-9(3)7-12(11)16(13,14)15/h5-8,10H,1-4H3,(H,13,14,15). The van der Waals surface area contributed by atoms with Crippen LogP contribution in [0.5, 0.6) is 0 Å². The Hall–Kier alpha value is -0.870. The van der Waals surface area contributed by atoms with Gasteiger partial charge in [-0.25, -0.2) is 0 Å². The summed E-state index contributed by atoms with van der Waals surface area (Å²) in [5.74, 6) is 0.417. The third-order valence-electron chi connectivity index (χ3n) is 2.94. The molecule has 3 nitrogen and oxygen atoms in total. The van der Waals surface area contributed by atoms with Crippen LogP contribution in [0.1, 0.15) is 37.8 Å². The van der Waals surface area contributed by atoms with E-state index >= 15 is 0 Å². The van der Waals surface area contributed by atoms with Gasteiger partial charge in [-0.15, -0.1) is 0 Å². The van der Waals surface area contributed by atoms with Crippen LogP contribution >= 0.6 is 0 Å². The van der Waals surface area contributed by atoms with Crippen molar-refractivity contribution in [1.29, 1.82) is 0 Å². The number of aryl methyl sites for hydroxylation is 1. The second-order valence-corrected chi connectivity index (χ2v) is 5.94. The maximum atomic E-state index is 11.3. The molecule has 1 N–H and O–H groups in total. The van der Waals surface area contributed by atoms with Crippen LogP contribution in [-0.2, 0) is 10.1 Å². The van der Waals surface area contributed by atoms with Crippen LogP contribution in [-0.4, -0.2) is 13.0 Å². The van der Waals surface area contributed by atoms with Gasteiger partial charge in [0.15, 0.2) is 0 Å².